The highest BCUT2D eigenvalue weighted by Crippen LogP contribution is 2.36. The highest BCUT2D eigenvalue weighted by atomic mass is 79.9. The summed E-state index contributed by atoms with van der Waals surface area (Å²) in [6.07, 6.45) is 0. The predicted molar refractivity (Wildman–Crippen MR) is 71.4 cm³/mol. The Balaban J connectivity index is 2.40. The molecule has 0 saturated carbocycles. The van der Waals surface area contributed by atoms with Crippen molar-refractivity contribution in [3.63, 3.8) is 0 Å². The number of rotatable bonds is 3. The van der Waals surface area contributed by atoms with E-state index < -0.39 is 0 Å². The van der Waals surface area contributed by atoms with E-state index in [0.29, 0.717) is 5.22 Å². The molecule has 1 unspecified atom stereocenters. The molecule has 5 heteroatoms. The van der Waals surface area contributed by atoms with Gasteiger partial charge in [-0.1, -0.05) is 0 Å². The minimum atomic E-state index is 0.0422. The van der Waals surface area contributed by atoms with Crippen LogP contribution in [-0.4, -0.2) is 7.05 Å². The first-order valence-corrected chi connectivity index (χ1v) is 6.79. The van der Waals surface area contributed by atoms with E-state index in [4.69, 9.17) is 16.0 Å². The third-order valence-electron chi connectivity index (χ3n) is 2.27. The molecule has 16 heavy (non-hydrogen) atoms. The van der Waals surface area contributed by atoms with E-state index in [-0.39, 0.29) is 6.04 Å². The summed E-state index contributed by atoms with van der Waals surface area (Å²) in [5.41, 5.74) is 0. The van der Waals surface area contributed by atoms with Gasteiger partial charge >= 0.3 is 0 Å². The van der Waals surface area contributed by atoms with Crippen LogP contribution >= 0.6 is 38.9 Å². The Morgan fingerprint density at radius 1 is 1.50 bits per heavy atom. The van der Waals surface area contributed by atoms with E-state index in [1.54, 1.807) is 17.4 Å². The average Bonchev–Trinajstić information content (AvgIpc) is 2.76. The third-order valence-corrected chi connectivity index (χ3v) is 4.50. The van der Waals surface area contributed by atoms with Crippen molar-refractivity contribution in [3.8, 4) is 0 Å². The van der Waals surface area contributed by atoms with Gasteiger partial charge in [0.05, 0.1) is 0 Å². The molecule has 0 aliphatic rings. The van der Waals surface area contributed by atoms with Crippen LogP contribution in [0.2, 0.25) is 5.22 Å². The summed E-state index contributed by atoms with van der Waals surface area (Å²) in [6, 6.07) is 5.80. The number of furan rings is 1. The SMILES string of the molecule is CNC(c1ccc(Cl)o1)c1sc(C)cc1Br. The monoisotopic (exact) mass is 319 g/mol. The van der Waals surface area contributed by atoms with Crippen LogP contribution in [-0.2, 0) is 0 Å². The van der Waals surface area contributed by atoms with E-state index in [2.05, 4.69) is 34.2 Å². The van der Waals surface area contributed by atoms with Crippen molar-refractivity contribution >= 4 is 38.9 Å². The molecule has 2 rings (SSSR count). The second kappa shape index (κ2) is 4.92. The zero-order chi connectivity index (χ0) is 11.7. The number of thiophene rings is 1. The molecule has 0 bridgehead atoms. The van der Waals surface area contributed by atoms with Crippen LogP contribution in [0.5, 0.6) is 0 Å². The lowest BCUT2D eigenvalue weighted by atomic mass is 10.2. The van der Waals surface area contributed by atoms with Gasteiger partial charge in [0.25, 0.3) is 0 Å². The molecular formula is C11H11BrClNOS. The number of aryl methyl sites for hydroxylation is 1. The third kappa shape index (κ3) is 2.35. The average molecular weight is 321 g/mol. The largest absolute Gasteiger partial charge is 0.448 e. The molecule has 1 N–H and O–H groups in total. The molecule has 2 nitrogen and oxygen atoms in total. The normalized spacial score (nSPS) is 13.0. The van der Waals surface area contributed by atoms with Crippen LogP contribution in [0.25, 0.3) is 0 Å². The van der Waals surface area contributed by atoms with Crippen LogP contribution in [0.4, 0.5) is 0 Å². The van der Waals surface area contributed by atoms with Crippen LogP contribution < -0.4 is 5.32 Å². The molecule has 0 spiro atoms. The molecule has 0 saturated heterocycles. The molecule has 0 aliphatic carbocycles. The number of hydrogen-bond donors (Lipinski definition) is 1. The summed E-state index contributed by atoms with van der Waals surface area (Å²) in [7, 11) is 1.91. The molecule has 0 amide bonds. The standard InChI is InChI=1S/C11H11BrClNOS/c1-6-5-7(12)11(16-6)10(14-2)8-3-4-9(13)15-8/h3-5,10,14H,1-2H3. The maximum atomic E-state index is 5.79. The van der Waals surface area contributed by atoms with Gasteiger partial charge in [-0.15, -0.1) is 11.3 Å². The molecule has 0 aliphatic heterocycles. The Bertz CT molecular complexity index is 494. The van der Waals surface area contributed by atoms with Crippen LogP contribution in [0, 0.1) is 6.92 Å². The maximum absolute atomic E-state index is 5.79. The zero-order valence-corrected chi connectivity index (χ0v) is 12.0. The summed E-state index contributed by atoms with van der Waals surface area (Å²) in [5.74, 6) is 0.829. The van der Waals surface area contributed by atoms with Gasteiger partial charge < -0.3 is 9.73 Å². The van der Waals surface area contributed by atoms with Crippen molar-refractivity contribution in [2.24, 2.45) is 0 Å². The predicted octanol–water partition coefficient (Wildman–Crippen LogP) is 4.37. The van der Waals surface area contributed by atoms with Crippen molar-refractivity contribution < 1.29 is 4.42 Å². The lowest BCUT2D eigenvalue weighted by Gasteiger charge is -2.12. The van der Waals surface area contributed by atoms with E-state index in [9.17, 15) is 0 Å². The molecular weight excluding hydrogens is 310 g/mol. The Kier molecular flexibility index (Phi) is 3.74. The van der Waals surface area contributed by atoms with Gasteiger partial charge in [0.2, 0.25) is 0 Å². The molecule has 1 atom stereocenters. The fourth-order valence-electron chi connectivity index (χ4n) is 1.58. The maximum Gasteiger partial charge on any atom is 0.193 e. The summed E-state index contributed by atoms with van der Waals surface area (Å²) in [5, 5.41) is 3.65. The molecule has 2 aromatic rings. The van der Waals surface area contributed by atoms with Gasteiger partial charge in [0.15, 0.2) is 5.22 Å². The molecule has 0 fully saturated rings. The molecule has 86 valence electrons. The fourth-order valence-corrected chi connectivity index (χ4v) is 3.73. The minimum Gasteiger partial charge on any atom is -0.448 e. The van der Waals surface area contributed by atoms with E-state index in [1.807, 2.05) is 13.1 Å². The first-order valence-electron chi connectivity index (χ1n) is 4.80. The number of hydrogen-bond acceptors (Lipinski definition) is 3. The smallest absolute Gasteiger partial charge is 0.193 e. The van der Waals surface area contributed by atoms with Gasteiger partial charge in [0, 0.05) is 14.2 Å². The molecule has 2 aromatic heterocycles. The lowest BCUT2D eigenvalue weighted by Crippen LogP contribution is -2.16. The van der Waals surface area contributed by atoms with Crippen LogP contribution in [0.15, 0.2) is 27.1 Å². The number of nitrogens with one attached hydrogen (secondary N) is 1. The minimum absolute atomic E-state index is 0.0422. The van der Waals surface area contributed by atoms with E-state index in [1.165, 1.54) is 9.75 Å². The Morgan fingerprint density at radius 2 is 2.25 bits per heavy atom. The van der Waals surface area contributed by atoms with Crippen molar-refractivity contribution in [1.29, 1.82) is 0 Å². The Hall–Kier alpha value is -0.290. The fraction of sp³-hybridized carbons (Fsp3) is 0.273. The quantitative estimate of drug-likeness (QED) is 0.908. The highest BCUT2D eigenvalue weighted by molar-refractivity contribution is 9.10. The number of halogens is 2. The lowest BCUT2D eigenvalue weighted by molar-refractivity contribution is 0.467. The first-order chi connectivity index (χ1) is 7.61. The zero-order valence-electron chi connectivity index (χ0n) is 8.88. The summed E-state index contributed by atoms with van der Waals surface area (Å²) in [6.45, 7) is 2.08. The van der Waals surface area contributed by atoms with E-state index in [0.717, 1.165) is 10.2 Å². The second-order valence-corrected chi connectivity index (χ2v) is 5.95. The highest BCUT2D eigenvalue weighted by Gasteiger charge is 2.20. The van der Waals surface area contributed by atoms with Crippen molar-refractivity contribution in [2.45, 2.75) is 13.0 Å². The Morgan fingerprint density at radius 3 is 2.69 bits per heavy atom. The summed E-state index contributed by atoms with van der Waals surface area (Å²) in [4.78, 5) is 2.46. The van der Waals surface area contributed by atoms with Crippen LogP contribution in [0.1, 0.15) is 21.6 Å². The van der Waals surface area contributed by atoms with E-state index >= 15 is 0 Å². The van der Waals surface area contributed by atoms with Gasteiger partial charge in [-0.05, 0) is 59.7 Å². The van der Waals surface area contributed by atoms with Gasteiger partial charge in [-0.3, -0.25) is 0 Å². The molecule has 2 heterocycles. The van der Waals surface area contributed by atoms with Crippen molar-refractivity contribution in [2.75, 3.05) is 7.05 Å². The van der Waals surface area contributed by atoms with Gasteiger partial charge in [-0.25, -0.2) is 0 Å². The van der Waals surface area contributed by atoms with Crippen molar-refractivity contribution in [3.05, 3.63) is 43.4 Å². The first kappa shape index (κ1) is 12.2. The van der Waals surface area contributed by atoms with Gasteiger partial charge in [-0.2, -0.15) is 0 Å². The summed E-state index contributed by atoms with van der Waals surface area (Å²) >= 11 is 11.1. The molecule has 0 radical (unpaired) electrons. The second-order valence-electron chi connectivity index (χ2n) is 3.43. The van der Waals surface area contributed by atoms with Crippen LogP contribution in [0.3, 0.4) is 0 Å². The van der Waals surface area contributed by atoms with Gasteiger partial charge in [0.1, 0.15) is 11.8 Å². The topological polar surface area (TPSA) is 25.2 Å². The summed E-state index contributed by atoms with van der Waals surface area (Å²) < 4.78 is 6.54. The molecule has 0 aromatic carbocycles. The Labute approximate surface area is 112 Å². The van der Waals surface area contributed by atoms with Crippen molar-refractivity contribution in [1.82, 2.24) is 5.32 Å².